The molecule has 0 amide bonds. The van der Waals surface area contributed by atoms with Crippen LogP contribution in [-0.4, -0.2) is 65.1 Å². The fourth-order valence-electron chi connectivity index (χ4n) is 15.5. The topological polar surface area (TPSA) is 105 Å². The molecule has 9 heterocycles. The van der Waals surface area contributed by atoms with Gasteiger partial charge in [-0.15, -0.1) is 0 Å². The van der Waals surface area contributed by atoms with Gasteiger partial charge >= 0.3 is 11.9 Å². The van der Waals surface area contributed by atoms with Crippen LogP contribution in [0.15, 0.2) is 75.9 Å². The van der Waals surface area contributed by atoms with E-state index in [2.05, 4.69) is 60.9 Å². The van der Waals surface area contributed by atoms with Crippen molar-refractivity contribution < 1.29 is 24.2 Å². The predicted octanol–water partition coefficient (Wildman–Crippen LogP) is 7.23. The number of fused-ring (bicyclic) bond motifs is 3. The van der Waals surface area contributed by atoms with Gasteiger partial charge in [-0.2, -0.15) is 0 Å². The number of aliphatic hydroxyl groups excluding tert-OH is 1. The summed E-state index contributed by atoms with van der Waals surface area (Å²) >= 11 is 0. The van der Waals surface area contributed by atoms with E-state index in [1.165, 1.54) is 34.4 Å². The lowest BCUT2D eigenvalue weighted by molar-refractivity contribution is -0.279. The van der Waals surface area contributed by atoms with Crippen LogP contribution in [0.4, 0.5) is 0 Å². The Morgan fingerprint density at radius 2 is 1.93 bits per heavy atom. The largest absolute Gasteiger partial charge is 0.509 e. The molecule has 2 saturated carbocycles. The van der Waals surface area contributed by atoms with Crippen LogP contribution in [0.2, 0.25) is 0 Å². The van der Waals surface area contributed by atoms with Crippen molar-refractivity contribution in [1.82, 2.24) is 9.80 Å². The number of aryl methyl sites for hydroxylation is 1. The van der Waals surface area contributed by atoms with Crippen molar-refractivity contribution in [2.45, 2.75) is 103 Å². The molecule has 3 saturated heterocycles. The maximum Gasteiger partial charge on any atom is 0.339 e. The molecule has 15 rings (SSSR count). The summed E-state index contributed by atoms with van der Waals surface area (Å²) < 4.78 is 13.8. The van der Waals surface area contributed by atoms with Crippen LogP contribution in [0.1, 0.15) is 100 Å². The van der Waals surface area contributed by atoms with Gasteiger partial charge in [-0.3, -0.25) is 9.69 Å². The van der Waals surface area contributed by atoms with Crippen LogP contribution in [-0.2, 0) is 26.3 Å². The van der Waals surface area contributed by atoms with Gasteiger partial charge in [0.25, 0.3) is 0 Å². The molecule has 1 aromatic carbocycles. The predicted molar refractivity (Wildman–Crippen MR) is 207 cm³/mol. The van der Waals surface area contributed by atoms with E-state index in [4.69, 9.17) is 15.2 Å². The first-order valence-electron chi connectivity index (χ1n) is 21.7. The Hall–Kier alpha value is -3.62. The fourth-order valence-corrected chi connectivity index (χ4v) is 15.5. The SMILES string of the molecule is C[C@H]1CCC2=C[C@@H]3[C@@H]4C5=C2[C@]26C(=O)O/C(=C(\O)C[C@H](C)N7C[C@H]8C[C@@H](C7)[C@@H]7C=CC(=C4N7C8)C[C@H]3C)[C@@]2(CC5)[C@]2(OC(=O)c3c(CCCN)cccc32)[C@H]6C1. The third kappa shape index (κ3) is 3.75. The minimum Gasteiger partial charge on any atom is -0.509 e. The number of rotatable bonds is 3. The second-order valence-electron chi connectivity index (χ2n) is 19.8. The zero-order valence-electron chi connectivity index (χ0n) is 32.6. The number of hydrogen-bond acceptors (Lipinski definition) is 8. The molecule has 8 heteroatoms. The second kappa shape index (κ2) is 11.1. The van der Waals surface area contributed by atoms with Crippen molar-refractivity contribution in [3.8, 4) is 0 Å². The minimum atomic E-state index is -1.12. The van der Waals surface area contributed by atoms with Crippen molar-refractivity contribution in [3.05, 3.63) is 92.6 Å². The Balaban J connectivity index is 1.17. The first-order chi connectivity index (χ1) is 26.6. The summed E-state index contributed by atoms with van der Waals surface area (Å²) in [6, 6.07) is 6.64. The number of carbonyl (C=O) groups is 2. The average molecular weight is 742 g/mol. The Kier molecular flexibility index (Phi) is 6.74. The summed E-state index contributed by atoms with van der Waals surface area (Å²) in [6.07, 6.45) is 15.9. The molecule has 9 aliphatic heterocycles. The molecule has 1 unspecified atom stereocenters. The van der Waals surface area contributed by atoms with E-state index >= 15 is 4.79 Å². The lowest BCUT2D eigenvalue weighted by Crippen LogP contribution is -2.77. The molecule has 12 bridgehead atoms. The molecule has 0 aromatic heterocycles. The van der Waals surface area contributed by atoms with Gasteiger partial charge in [0.2, 0.25) is 0 Å². The van der Waals surface area contributed by atoms with Crippen LogP contribution in [0.5, 0.6) is 0 Å². The monoisotopic (exact) mass is 741 g/mol. The number of piperidine rings is 2. The Morgan fingerprint density at radius 1 is 1.05 bits per heavy atom. The highest BCUT2D eigenvalue weighted by molar-refractivity contribution is 6.00. The lowest BCUT2D eigenvalue weighted by Gasteiger charge is -2.72. The maximum atomic E-state index is 15.6. The van der Waals surface area contributed by atoms with Crippen molar-refractivity contribution >= 4 is 11.9 Å². The quantitative estimate of drug-likeness (QED) is 0.313. The zero-order chi connectivity index (χ0) is 37.3. The molecule has 5 aliphatic carbocycles. The molecule has 0 radical (unpaired) electrons. The van der Waals surface area contributed by atoms with Crippen LogP contribution in [0.3, 0.4) is 0 Å². The normalized spacial score (nSPS) is 46.6. The van der Waals surface area contributed by atoms with Gasteiger partial charge in [-0.05, 0) is 123 Å². The molecular formula is C47H55N3O5. The van der Waals surface area contributed by atoms with Crippen LogP contribution < -0.4 is 5.73 Å². The fraction of sp³-hybridized carbons (Fsp3) is 0.617. The average Bonchev–Trinajstić information content (AvgIpc) is 3.63. The van der Waals surface area contributed by atoms with Gasteiger partial charge in [0.1, 0.15) is 11.2 Å². The number of ether oxygens (including phenoxy) is 2. The molecule has 1 aromatic rings. The van der Waals surface area contributed by atoms with Gasteiger partial charge in [0.15, 0.2) is 11.4 Å². The summed E-state index contributed by atoms with van der Waals surface area (Å²) in [5.74, 6) is 2.17. The summed E-state index contributed by atoms with van der Waals surface area (Å²) in [5, 5.41) is 12.7. The highest BCUT2D eigenvalue weighted by atomic mass is 16.6. The van der Waals surface area contributed by atoms with Crippen molar-refractivity contribution in [1.29, 1.82) is 0 Å². The minimum absolute atomic E-state index is 0.0573. The Labute approximate surface area is 324 Å². The molecule has 5 fully saturated rings. The van der Waals surface area contributed by atoms with Crippen molar-refractivity contribution in [2.75, 3.05) is 26.2 Å². The lowest BCUT2D eigenvalue weighted by atomic mass is 9.28. The summed E-state index contributed by atoms with van der Waals surface area (Å²) in [7, 11) is 0. The number of nitrogens with two attached hydrogens (primary N) is 1. The summed E-state index contributed by atoms with van der Waals surface area (Å²) in [4.78, 5) is 35.6. The number of esters is 2. The number of nitrogens with zero attached hydrogens (tertiary/aromatic N) is 2. The Morgan fingerprint density at radius 3 is 2.78 bits per heavy atom. The first kappa shape index (κ1) is 33.5. The standard InChI is InChI=1S/C47H55N3O5/c1-24-9-10-29-20-33-25(2)17-30-11-12-35-31-19-27-21-49(23-31)26(3)18-36(51)42-45-14-13-32(39(33)41(30)50(35)22-27)40(29)46(45,44(53)54-42)37(16-24)47(45)34-8-4-6-28(7-5-15-48)38(34)43(52)55-47/h4,6,8,11-12,20,24-27,31,33,35,37,39,51H,5,7,9-10,13-19,21-23,48H2,1-3H3/b42-36-/t24-,25+,26-,27+,31-,33-,35-,37-,39-,45+,46+,47+/m0/s1. The number of carbonyl (C=O) groups excluding carboxylic acids is 2. The van der Waals surface area contributed by atoms with Gasteiger partial charge in [0, 0.05) is 55.2 Å². The molecule has 55 heavy (non-hydrogen) atoms. The van der Waals surface area contributed by atoms with Crippen molar-refractivity contribution in [3.63, 3.8) is 0 Å². The molecule has 3 N–H and O–H groups in total. The van der Waals surface area contributed by atoms with E-state index in [-0.39, 0.29) is 35.6 Å². The third-order valence-electron chi connectivity index (χ3n) is 17.3. The maximum absolute atomic E-state index is 15.6. The zero-order valence-corrected chi connectivity index (χ0v) is 32.6. The number of hydrogen-bond donors (Lipinski definition) is 2. The smallest absolute Gasteiger partial charge is 0.339 e. The molecule has 288 valence electrons. The highest BCUT2D eigenvalue weighted by Crippen LogP contribution is 2.88. The van der Waals surface area contributed by atoms with E-state index < -0.39 is 16.4 Å². The second-order valence-corrected chi connectivity index (χ2v) is 19.8. The molecule has 14 aliphatic rings. The van der Waals surface area contributed by atoms with E-state index in [1.54, 1.807) is 0 Å². The number of aliphatic hydroxyl groups is 1. The van der Waals surface area contributed by atoms with E-state index in [9.17, 15) is 9.90 Å². The van der Waals surface area contributed by atoms with Crippen LogP contribution in [0, 0.1) is 52.3 Å². The van der Waals surface area contributed by atoms with E-state index in [1.807, 2.05) is 6.07 Å². The highest BCUT2D eigenvalue weighted by Gasteiger charge is 2.93. The van der Waals surface area contributed by atoms with Gasteiger partial charge in [0.05, 0.1) is 17.0 Å². The van der Waals surface area contributed by atoms with Gasteiger partial charge in [-0.25, -0.2) is 4.79 Å². The van der Waals surface area contributed by atoms with E-state index in [0.717, 1.165) is 69.3 Å². The molecule has 13 atom stereocenters. The van der Waals surface area contributed by atoms with Gasteiger partial charge in [-0.1, -0.05) is 55.8 Å². The van der Waals surface area contributed by atoms with Crippen LogP contribution >= 0.6 is 0 Å². The summed E-state index contributed by atoms with van der Waals surface area (Å²) in [5.41, 5.74) is 12.3. The number of benzene rings is 1. The van der Waals surface area contributed by atoms with Crippen molar-refractivity contribution in [2.24, 2.45) is 58.0 Å². The molecular weight excluding hydrogens is 687 g/mol. The first-order valence-corrected chi connectivity index (χ1v) is 21.7. The Bertz CT molecular complexity index is 2140. The number of allylic oxidation sites excluding steroid dienone is 5. The van der Waals surface area contributed by atoms with Gasteiger partial charge < -0.3 is 25.2 Å². The summed E-state index contributed by atoms with van der Waals surface area (Å²) in [6.45, 7) is 10.6. The van der Waals surface area contributed by atoms with E-state index in [0.29, 0.717) is 72.8 Å². The molecule has 8 nitrogen and oxygen atoms in total. The molecule has 3 spiro atoms. The third-order valence-corrected chi connectivity index (χ3v) is 17.3. The van der Waals surface area contributed by atoms with Crippen LogP contribution in [0.25, 0.3) is 0 Å².